The van der Waals surface area contributed by atoms with E-state index in [1.165, 1.54) is 11.1 Å². The highest BCUT2D eigenvalue weighted by Crippen LogP contribution is 2.23. The lowest BCUT2D eigenvalue weighted by atomic mass is 10.0. The second kappa shape index (κ2) is 10.8. The molecule has 0 spiro atoms. The minimum atomic E-state index is 0.250. The number of guanidine groups is 1. The predicted molar refractivity (Wildman–Crippen MR) is 111 cm³/mol. The average molecular weight is 375 g/mol. The maximum absolute atomic E-state index is 5.40. The lowest BCUT2D eigenvalue weighted by Crippen LogP contribution is -2.43. The van der Waals surface area contributed by atoms with Crippen molar-refractivity contribution < 1.29 is 4.74 Å². The van der Waals surface area contributed by atoms with Crippen molar-refractivity contribution in [3.63, 3.8) is 0 Å². The van der Waals surface area contributed by atoms with Crippen LogP contribution >= 0.6 is 11.3 Å². The Labute approximate surface area is 161 Å². The van der Waals surface area contributed by atoms with Gasteiger partial charge in [0.05, 0.1) is 13.2 Å². The summed E-state index contributed by atoms with van der Waals surface area (Å²) in [6, 6.07) is 10.7. The van der Waals surface area contributed by atoms with Gasteiger partial charge in [-0.3, -0.25) is 9.89 Å². The van der Waals surface area contributed by atoms with E-state index in [2.05, 4.69) is 63.3 Å². The van der Waals surface area contributed by atoms with Gasteiger partial charge in [0.15, 0.2) is 5.96 Å². The van der Waals surface area contributed by atoms with Crippen molar-refractivity contribution in [1.82, 2.24) is 15.5 Å². The Hall–Kier alpha value is -2.05. The molecule has 2 aromatic rings. The summed E-state index contributed by atoms with van der Waals surface area (Å²) in [5.41, 5.74) is 2.51. The first-order valence-electron chi connectivity index (χ1n) is 9.05. The van der Waals surface area contributed by atoms with Crippen LogP contribution in [0.4, 0.5) is 0 Å². The molecule has 5 nitrogen and oxygen atoms in total. The number of hydrogen-bond donors (Lipinski definition) is 2. The summed E-state index contributed by atoms with van der Waals surface area (Å²) in [6.07, 6.45) is 0. The van der Waals surface area contributed by atoms with Crippen molar-refractivity contribution in [2.24, 2.45) is 4.99 Å². The Morgan fingerprint density at radius 1 is 1.23 bits per heavy atom. The van der Waals surface area contributed by atoms with Gasteiger partial charge >= 0.3 is 0 Å². The number of thiophene rings is 1. The van der Waals surface area contributed by atoms with Crippen LogP contribution in [0.3, 0.4) is 0 Å². The number of hydrogen-bond acceptors (Lipinski definition) is 4. The van der Waals surface area contributed by atoms with Gasteiger partial charge in [0, 0.05) is 20.1 Å². The van der Waals surface area contributed by atoms with E-state index in [-0.39, 0.29) is 6.04 Å². The third-order valence-corrected chi connectivity index (χ3v) is 5.19. The molecule has 2 N–H and O–H groups in total. The smallest absolute Gasteiger partial charge is 0.191 e. The summed E-state index contributed by atoms with van der Waals surface area (Å²) in [7, 11) is 3.51. The van der Waals surface area contributed by atoms with E-state index < -0.39 is 0 Å². The molecule has 1 heterocycles. The van der Waals surface area contributed by atoms with E-state index in [0.29, 0.717) is 0 Å². The zero-order chi connectivity index (χ0) is 18.8. The van der Waals surface area contributed by atoms with Gasteiger partial charge in [-0.25, -0.2) is 0 Å². The fourth-order valence-electron chi connectivity index (χ4n) is 2.96. The first-order valence-corrected chi connectivity index (χ1v) is 9.99. The van der Waals surface area contributed by atoms with Crippen molar-refractivity contribution in [3.05, 3.63) is 52.2 Å². The van der Waals surface area contributed by atoms with Crippen molar-refractivity contribution in [2.45, 2.75) is 26.4 Å². The van der Waals surface area contributed by atoms with Gasteiger partial charge in [0.25, 0.3) is 0 Å². The lowest BCUT2D eigenvalue weighted by Gasteiger charge is -2.31. The summed E-state index contributed by atoms with van der Waals surface area (Å²) < 4.78 is 5.40. The first kappa shape index (κ1) is 20.3. The summed E-state index contributed by atoms with van der Waals surface area (Å²) in [6.45, 7) is 7.92. The quantitative estimate of drug-likeness (QED) is 0.521. The molecule has 0 saturated carbocycles. The van der Waals surface area contributed by atoms with Gasteiger partial charge in [-0.1, -0.05) is 26.0 Å². The molecule has 26 heavy (non-hydrogen) atoms. The fourth-order valence-corrected chi connectivity index (χ4v) is 3.63. The van der Waals surface area contributed by atoms with Gasteiger partial charge in [-0.15, -0.1) is 0 Å². The van der Waals surface area contributed by atoms with E-state index >= 15 is 0 Å². The monoisotopic (exact) mass is 374 g/mol. The van der Waals surface area contributed by atoms with Gasteiger partial charge in [0.1, 0.15) is 5.75 Å². The van der Waals surface area contributed by atoms with Gasteiger partial charge in [0.2, 0.25) is 0 Å². The van der Waals surface area contributed by atoms with Crippen LogP contribution in [0.25, 0.3) is 0 Å². The molecular weight excluding hydrogens is 344 g/mol. The molecule has 0 fully saturated rings. The van der Waals surface area contributed by atoms with Crippen LogP contribution in [-0.4, -0.2) is 44.7 Å². The molecule has 1 atom stereocenters. The minimum Gasteiger partial charge on any atom is -0.497 e. The molecule has 0 aliphatic rings. The standard InChI is InChI=1S/C20H30N4OS/c1-5-24(6-2)19(17-8-7-9-18(12-17)25-4)14-23-20(21-3)22-13-16-10-11-26-15-16/h7-12,15,19H,5-6,13-14H2,1-4H3,(H2,21,22,23). The molecule has 0 saturated heterocycles. The number of benzene rings is 1. The number of nitrogens with zero attached hydrogens (tertiary/aromatic N) is 2. The Balaban J connectivity index is 2.05. The molecule has 1 aromatic carbocycles. The minimum absolute atomic E-state index is 0.250. The summed E-state index contributed by atoms with van der Waals surface area (Å²) in [4.78, 5) is 6.79. The summed E-state index contributed by atoms with van der Waals surface area (Å²) >= 11 is 1.71. The molecular formula is C20H30N4OS. The first-order chi connectivity index (χ1) is 12.7. The number of ether oxygens (including phenoxy) is 1. The van der Waals surface area contributed by atoms with Crippen molar-refractivity contribution in [3.8, 4) is 5.75 Å². The topological polar surface area (TPSA) is 48.9 Å². The van der Waals surface area contributed by atoms with Crippen molar-refractivity contribution in [1.29, 1.82) is 0 Å². The van der Waals surface area contributed by atoms with E-state index in [1.807, 2.05) is 12.1 Å². The SMILES string of the molecule is CCN(CC)C(CNC(=NC)NCc1ccsc1)c1cccc(OC)c1. The third kappa shape index (κ3) is 5.75. The number of nitrogens with one attached hydrogen (secondary N) is 2. The Kier molecular flexibility index (Phi) is 8.44. The van der Waals surface area contributed by atoms with Crippen LogP contribution in [0.2, 0.25) is 0 Å². The summed E-state index contributed by atoms with van der Waals surface area (Å²) in [5, 5.41) is 11.1. The molecule has 6 heteroatoms. The second-order valence-corrected chi connectivity index (χ2v) is 6.73. The number of methoxy groups -OCH3 is 1. The molecule has 0 radical (unpaired) electrons. The number of aliphatic imine (C=N–C) groups is 1. The van der Waals surface area contributed by atoms with Crippen LogP contribution < -0.4 is 15.4 Å². The van der Waals surface area contributed by atoms with Gasteiger partial charge < -0.3 is 15.4 Å². The zero-order valence-corrected chi connectivity index (χ0v) is 17.0. The fraction of sp³-hybridized carbons (Fsp3) is 0.450. The largest absolute Gasteiger partial charge is 0.497 e. The van der Waals surface area contributed by atoms with Crippen molar-refractivity contribution in [2.75, 3.05) is 33.8 Å². The maximum atomic E-state index is 5.40. The molecule has 142 valence electrons. The highest BCUT2D eigenvalue weighted by atomic mass is 32.1. The molecule has 2 rings (SSSR count). The summed E-state index contributed by atoms with van der Waals surface area (Å²) in [5.74, 6) is 1.70. The van der Waals surface area contributed by atoms with Crippen LogP contribution in [0.1, 0.15) is 31.0 Å². The Morgan fingerprint density at radius 2 is 2.04 bits per heavy atom. The molecule has 1 unspecified atom stereocenters. The van der Waals surface area contributed by atoms with E-state index in [4.69, 9.17) is 4.74 Å². The molecule has 0 aliphatic heterocycles. The van der Waals surface area contributed by atoms with Crippen LogP contribution in [-0.2, 0) is 6.54 Å². The Morgan fingerprint density at radius 3 is 2.65 bits per heavy atom. The van der Waals surface area contributed by atoms with Gasteiger partial charge in [-0.2, -0.15) is 11.3 Å². The van der Waals surface area contributed by atoms with Gasteiger partial charge in [-0.05, 0) is 53.2 Å². The predicted octanol–water partition coefficient (Wildman–Crippen LogP) is 3.50. The van der Waals surface area contributed by atoms with E-state index in [0.717, 1.165) is 37.9 Å². The van der Waals surface area contributed by atoms with E-state index in [1.54, 1.807) is 25.5 Å². The normalized spacial score (nSPS) is 12.9. The third-order valence-electron chi connectivity index (χ3n) is 4.46. The molecule has 1 aromatic heterocycles. The van der Waals surface area contributed by atoms with Crippen LogP contribution in [0, 0.1) is 0 Å². The molecule has 0 aliphatic carbocycles. The second-order valence-electron chi connectivity index (χ2n) is 5.95. The highest BCUT2D eigenvalue weighted by molar-refractivity contribution is 7.07. The Bertz CT molecular complexity index is 668. The lowest BCUT2D eigenvalue weighted by molar-refractivity contribution is 0.218. The highest BCUT2D eigenvalue weighted by Gasteiger charge is 2.19. The molecule has 0 bridgehead atoms. The average Bonchev–Trinajstić information content (AvgIpc) is 3.21. The van der Waals surface area contributed by atoms with E-state index in [9.17, 15) is 0 Å². The van der Waals surface area contributed by atoms with Crippen LogP contribution in [0.5, 0.6) is 5.75 Å². The van der Waals surface area contributed by atoms with Crippen molar-refractivity contribution >= 4 is 17.3 Å². The zero-order valence-electron chi connectivity index (χ0n) is 16.2. The maximum Gasteiger partial charge on any atom is 0.191 e. The number of rotatable bonds is 9. The number of likely N-dealkylation sites (N-methyl/N-ethyl adjacent to an activating group) is 1. The molecule has 0 amide bonds. The van der Waals surface area contributed by atoms with Crippen LogP contribution in [0.15, 0.2) is 46.1 Å².